The lowest BCUT2D eigenvalue weighted by Gasteiger charge is -2.03. The highest BCUT2D eigenvalue weighted by Crippen LogP contribution is 2.09. The maximum atomic E-state index is 13.1. The van der Waals surface area contributed by atoms with Crippen molar-refractivity contribution in [3.8, 4) is 6.07 Å². The summed E-state index contributed by atoms with van der Waals surface area (Å²) in [6.07, 6.45) is 0. The molecule has 1 aromatic carbocycles. The van der Waals surface area contributed by atoms with Gasteiger partial charge < -0.3 is 9.84 Å². The number of rotatable bonds is 4. The zero-order valence-corrected chi connectivity index (χ0v) is 9.77. The average molecular weight is 246 g/mol. The Labute approximate surface area is 103 Å². The maximum Gasteiger partial charge on any atom is 0.223 e. The first-order valence-corrected chi connectivity index (χ1v) is 5.37. The molecule has 0 spiro atoms. The number of nitrogens with one attached hydrogen (secondary N) is 1. The van der Waals surface area contributed by atoms with Crippen molar-refractivity contribution >= 4 is 0 Å². The van der Waals surface area contributed by atoms with Gasteiger partial charge in [0.25, 0.3) is 0 Å². The van der Waals surface area contributed by atoms with Crippen molar-refractivity contribution in [1.29, 1.82) is 5.26 Å². The summed E-state index contributed by atoms with van der Waals surface area (Å²) >= 11 is 0. The van der Waals surface area contributed by atoms with Gasteiger partial charge in [-0.2, -0.15) is 10.2 Å². The first-order chi connectivity index (χ1) is 8.69. The van der Waals surface area contributed by atoms with Crippen LogP contribution in [0.3, 0.4) is 0 Å². The van der Waals surface area contributed by atoms with Crippen molar-refractivity contribution in [2.75, 3.05) is 0 Å². The van der Waals surface area contributed by atoms with Gasteiger partial charge in [0.1, 0.15) is 11.9 Å². The Bertz CT molecular complexity index is 588. The van der Waals surface area contributed by atoms with Gasteiger partial charge in [-0.3, -0.25) is 0 Å². The fourth-order valence-electron chi connectivity index (χ4n) is 1.50. The molecule has 0 bridgehead atoms. The van der Waals surface area contributed by atoms with E-state index in [4.69, 9.17) is 9.78 Å². The molecule has 1 aromatic heterocycles. The lowest BCUT2D eigenvalue weighted by molar-refractivity contribution is 0.385. The fraction of sp³-hybridized carbons (Fsp3) is 0.250. The third kappa shape index (κ3) is 2.90. The predicted octanol–water partition coefficient (Wildman–Crippen LogP) is 1.68. The molecule has 0 radical (unpaired) electrons. The van der Waals surface area contributed by atoms with E-state index in [0.717, 1.165) is 5.56 Å². The molecule has 0 saturated carbocycles. The Hall–Kier alpha value is -2.26. The number of halogens is 1. The molecule has 5 nitrogen and oxygen atoms in total. The molecule has 0 atom stereocenters. The van der Waals surface area contributed by atoms with Crippen LogP contribution in [0.25, 0.3) is 0 Å². The second-order valence-electron chi connectivity index (χ2n) is 3.76. The molecule has 0 amide bonds. The van der Waals surface area contributed by atoms with Crippen LogP contribution in [0.2, 0.25) is 0 Å². The smallest absolute Gasteiger partial charge is 0.223 e. The molecule has 92 valence electrons. The Balaban J connectivity index is 1.93. The maximum absolute atomic E-state index is 13.1. The first kappa shape index (κ1) is 12.2. The predicted molar refractivity (Wildman–Crippen MR) is 60.7 cm³/mol. The van der Waals surface area contributed by atoms with Gasteiger partial charge in [0.2, 0.25) is 5.89 Å². The summed E-state index contributed by atoms with van der Waals surface area (Å²) in [7, 11) is 0. The van der Waals surface area contributed by atoms with Crippen molar-refractivity contribution in [3.05, 3.63) is 46.9 Å². The van der Waals surface area contributed by atoms with Crippen molar-refractivity contribution in [1.82, 2.24) is 15.5 Å². The monoisotopic (exact) mass is 246 g/mol. The summed E-state index contributed by atoms with van der Waals surface area (Å²) in [6, 6.07) is 6.24. The minimum absolute atomic E-state index is 0.0460. The number of hydrogen-bond acceptors (Lipinski definition) is 5. The van der Waals surface area contributed by atoms with E-state index in [1.807, 2.05) is 0 Å². The number of nitriles is 1. The third-order valence-electron chi connectivity index (χ3n) is 2.33. The molecule has 0 saturated heterocycles. The van der Waals surface area contributed by atoms with E-state index in [9.17, 15) is 4.39 Å². The Kier molecular flexibility index (Phi) is 3.65. The Morgan fingerprint density at radius 1 is 1.44 bits per heavy atom. The van der Waals surface area contributed by atoms with Gasteiger partial charge in [0.15, 0.2) is 5.82 Å². The summed E-state index contributed by atoms with van der Waals surface area (Å²) in [4.78, 5) is 4.04. The summed E-state index contributed by atoms with van der Waals surface area (Å²) in [5, 5.41) is 15.5. The highest BCUT2D eigenvalue weighted by molar-refractivity contribution is 5.34. The normalized spacial score (nSPS) is 10.3. The SMILES string of the molecule is Cc1nc(CNCc2ccc(F)c(C#N)c2)no1. The lowest BCUT2D eigenvalue weighted by atomic mass is 10.1. The van der Waals surface area contributed by atoms with Crippen LogP contribution in [-0.2, 0) is 13.1 Å². The Morgan fingerprint density at radius 3 is 2.94 bits per heavy atom. The van der Waals surface area contributed by atoms with Gasteiger partial charge in [0.05, 0.1) is 12.1 Å². The zero-order valence-electron chi connectivity index (χ0n) is 9.77. The van der Waals surface area contributed by atoms with Crippen LogP contribution in [0.15, 0.2) is 22.7 Å². The van der Waals surface area contributed by atoms with E-state index in [1.165, 1.54) is 12.1 Å². The average Bonchev–Trinajstić information content (AvgIpc) is 2.77. The highest BCUT2D eigenvalue weighted by Gasteiger charge is 2.04. The lowest BCUT2D eigenvalue weighted by Crippen LogP contribution is -2.13. The van der Waals surface area contributed by atoms with Crippen molar-refractivity contribution < 1.29 is 8.91 Å². The van der Waals surface area contributed by atoms with E-state index in [1.54, 1.807) is 19.1 Å². The van der Waals surface area contributed by atoms with E-state index in [2.05, 4.69) is 15.5 Å². The summed E-state index contributed by atoms with van der Waals surface area (Å²) in [5.41, 5.74) is 0.873. The van der Waals surface area contributed by atoms with E-state index < -0.39 is 5.82 Å². The molecule has 18 heavy (non-hydrogen) atoms. The molecule has 2 rings (SSSR count). The van der Waals surface area contributed by atoms with Crippen LogP contribution in [0, 0.1) is 24.1 Å². The standard InChI is InChI=1S/C12H11FN4O/c1-8-16-12(17-18-8)7-15-6-9-2-3-11(13)10(4-9)5-14/h2-4,15H,6-7H2,1H3. The molecule has 2 aromatic rings. The van der Waals surface area contributed by atoms with Gasteiger partial charge in [-0.05, 0) is 17.7 Å². The van der Waals surface area contributed by atoms with Gasteiger partial charge in [-0.25, -0.2) is 4.39 Å². The van der Waals surface area contributed by atoms with Gasteiger partial charge in [0, 0.05) is 13.5 Å². The van der Waals surface area contributed by atoms with Gasteiger partial charge in [-0.15, -0.1) is 0 Å². The van der Waals surface area contributed by atoms with Gasteiger partial charge in [-0.1, -0.05) is 11.2 Å². The third-order valence-corrected chi connectivity index (χ3v) is 2.33. The van der Waals surface area contributed by atoms with Crippen LogP contribution in [-0.4, -0.2) is 10.1 Å². The molecule has 1 heterocycles. The second-order valence-corrected chi connectivity index (χ2v) is 3.76. The molecule has 0 aliphatic rings. The summed E-state index contributed by atoms with van der Waals surface area (Å²) < 4.78 is 17.9. The molecular formula is C12H11FN4O. The fourth-order valence-corrected chi connectivity index (χ4v) is 1.50. The number of hydrogen-bond donors (Lipinski definition) is 1. The molecule has 6 heteroatoms. The topological polar surface area (TPSA) is 74.7 Å². The number of aryl methyl sites for hydroxylation is 1. The van der Waals surface area contributed by atoms with E-state index in [0.29, 0.717) is 24.8 Å². The number of benzene rings is 1. The van der Waals surface area contributed by atoms with Crippen molar-refractivity contribution in [2.45, 2.75) is 20.0 Å². The molecule has 0 aliphatic carbocycles. The Morgan fingerprint density at radius 2 is 2.28 bits per heavy atom. The van der Waals surface area contributed by atoms with E-state index >= 15 is 0 Å². The zero-order chi connectivity index (χ0) is 13.0. The molecular weight excluding hydrogens is 235 g/mol. The van der Waals surface area contributed by atoms with Gasteiger partial charge >= 0.3 is 0 Å². The quantitative estimate of drug-likeness (QED) is 0.888. The molecule has 0 unspecified atom stereocenters. The molecule has 0 aliphatic heterocycles. The minimum atomic E-state index is -0.505. The minimum Gasteiger partial charge on any atom is -0.340 e. The number of nitrogens with zero attached hydrogens (tertiary/aromatic N) is 3. The molecule has 1 N–H and O–H groups in total. The summed E-state index contributed by atoms with van der Waals surface area (Å²) in [6.45, 7) is 2.68. The largest absolute Gasteiger partial charge is 0.340 e. The highest BCUT2D eigenvalue weighted by atomic mass is 19.1. The van der Waals surface area contributed by atoms with Crippen LogP contribution in [0.1, 0.15) is 22.8 Å². The summed E-state index contributed by atoms with van der Waals surface area (Å²) in [5.74, 6) is 0.575. The van der Waals surface area contributed by atoms with E-state index in [-0.39, 0.29) is 5.56 Å². The first-order valence-electron chi connectivity index (χ1n) is 5.37. The van der Waals surface area contributed by atoms with Crippen LogP contribution < -0.4 is 5.32 Å². The van der Waals surface area contributed by atoms with Crippen LogP contribution >= 0.6 is 0 Å². The van der Waals surface area contributed by atoms with Crippen molar-refractivity contribution in [2.24, 2.45) is 0 Å². The molecule has 0 fully saturated rings. The second kappa shape index (κ2) is 5.38. The van der Waals surface area contributed by atoms with Crippen LogP contribution in [0.5, 0.6) is 0 Å². The van der Waals surface area contributed by atoms with Crippen molar-refractivity contribution in [3.63, 3.8) is 0 Å². The van der Waals surface area contributed by atoms with Crippen LogP contribution in [0.4, 0.5) is 4.39 Å². The number of aromatic nitrogens is 2.